The van der Waals surface area contributed by atoms with Gasteiger partial charge in [0.1, 0.15) is 5.39 Å². The van der Waals surface area contributed by atoms with E-state index in [1.54, 1.807) is 17.9 Å². The quantitative estimate of drug-likeness (QED) is 0.713. The minimum Gasteiger partial charge on any atom is -0.377 e. The van der Waals surface area contributed by atoms with Gasteiger partial charge in [-0.2, -0.15) is 5.10 Å². The first kappa shape index (κ1) is 10.2. The minimum absolute atomic E-state index is 0.0751. The summed E-state index contributed by atoms with van der Waals surface area (Å²) >= 11 is 0. The van der Waals surface area contributed by atoms with Crippen molar-refractivity contribution in [1.82, 2.24) is 19.3 Å². The molecule has 0 unspecified atom stereocenters. The maximum Gasteiger partial charge on any atom is 0.264 e. The first-order valence-electron chi connectivity index (χ1n) is 5.44. The van der Waals surface area contributed by atoms with Gasteiger partial charge in [0, 0.05) is 19.2 Å². The van der Waals surface area contributed by atoms with Crippen molar-refractivity contribution < 1.29 is 4.74 Å². The van der Waals surface area contributed by atoms with E-state index in [1.165, 1.54) is 10.9 Å². The van der Waals surface area contributed by atoms with E-state index in [4.69, 9.17) is 4.74 Å². The van der Waals surface area contributed by atoms with Crippen LogP contribution in [0.2, 0.25) is 0 Å². The van der Waals surface area contributed by atoms with Gasteiger partial charge in [-0.3, -0.25) is 4.79 Å². The van der Waals surface area contributed by atoms with Gasteiger partial charge in [0.2, 0.25) is 0 Å². The van der Waals surface area contributed by atoms with Crippen LogP contribution in [0.25, 0.3) is 16.7 Å². The summed E-state index contributed by atoms with van der Waals surface area (Å²) in [5.41, 5.74) is 1.57. The predicted molar refractivity (Wildman–Crippen MR) is 62.5 cm³/mol. The molecule has 0 fully saturated rings. The molecule has 6 nitrogen and oxygen atoms in total. The Morgan fingerprint density at radius 2 is 2.35 bits per heavy atom. The second kappa shape index (κ2) is 3.81. The molecule has 1 aliphatic heterocycles. The van der Waals surface area contributed by atoms with Crippen LogP contribution in [0.3, 0.4) is 0 Å². The second-order valence-corrected chi connectivity index (χ2v) is 3.97. The van der Waals surface area contributed by atoms with Crippen molar-refractivity contribution in [3.63, 3.8) is 0 Å². The number of aryl methyl sites for hydroxylation is 1. The molecule has 1 aliphatic rings. The Kier molecular flexibility index (Phi) is 2.29. The van der Waals surface area contributed by atoms with Gasteiger partial charge in [0.25, 0.3) is 5.56 Å². The molecule has 0 aliphatic carbocycles. The zero-order valence-electron chi connectivity index (χ0n) is 9.46. The van der Waals surface area contributed by atoms with Gasteiger partial charge in [-0.25, -0.2) is 9.67 Å². The third kappa shape index (κ3) is 1.57. The number of rotatable bonds is 1. The van der Waals surface area contributed by atoms with Gasteiger partial charge in [0.15, 0.2) is 5.65 Å². The van der Waals surface area contributed by atoms with E-state index in [2.05, 4.69) is 10.1 Å². The molecule has 88 valence electrons. The molecular formula is C11H12N4O2. The molecule has 6 heteroatoms. The van der Waals surface area contributed by atoms with Crippen molar-refractivity contribution in [2.75, 3.05) is 13.2 Å². The summed E-state index contributed by atoms with van der Waals surface area (Å²) in [7, 11) is 1.68. The highest BCUT2D eigenvalue weighted by atomic mass is 16.5. The standard InChI is InChI=1S/C11H12N4O2/c1-14-7-12-10-9(11(14)16)6-13-15(10)8-2-4-17-5-3-8/h2,6-7H,3-5H2,1H3. The summed E-state index contributed by atoms with van der Waals surface area (Å²) in [5.74, 6) is 0. The first-order valence-corrected chi connectivity index (χ1v) is 5.44. The number of ether oxygens (including phenoxy) is 1. The van der Waals surface area contributed by atoms with E-state index in [9.17, 15) is 4.79 Å². The van der Waals surface area contributed by atoms with Crippen LogP contribution in [0.5, 0.6) is 0 Å². The van der Waals surface area contributed by atoms with Crippen LogP contribution in [-0.4, -0.2) is 32.5 Å². The molecule has 0 spiro atoms. The molecule has 0 amide bonds. The van der Waals surface area contributed by atoms with E-state index in [0.717, 1.165) is 12.1 Å². The fourth-order valence-electron chi connectivity index (χ4n) is 1.92. The highest BCUT2D eigenvalue weighted by molar-refractivity contribution is 5.76. The Labute approximate surface area is 97.1 Å². The largest absolute Gasteiger partial charge is 0.377 e. The molecule has 0 bridgehead atoms. The maximum atomic E-state index is 11.8. The lowest BCUT2D eigenvalue weighted by Gasteiger charge is -2.13. The zero-order valence-corrected chi connectivity index (χ0v) is 9.46. The summed E-state index contributed by atoms with van der Waals surface area (Å²) in [4.78, 5) is 16.1. The van der Waals surface area contributed by atoms with Crippen molar-refractivity contribution in [2.24, 2.45) is 7.05 Å². The van der Waals surface area contributed by atoms with Gasteiger partial charge in [-0.1, -0.05) is 0 Å². The molecule has 3 heterocycles. The molecule has 0 saturated heterocycles. The summed E-state index contributed by atoms with van der Waals surface area (Å²) in [6.07, 6.45) is 5.84. The lowest BCUT2D eigenvalue weighted by Crippen LogP contribution is -2.17. The van der Waals surface area contributed by atoms with Crippen LogP contribution in [0.15, 0.2) is 23.4 Å². The van der Waals surface area contributed by atoms with Crippen molar-refractivity contribution in [3.05, 3.63) is 29.0 Å². The molecule has 2 aromatic rings. The van der Waals surface area contributed by atoms with Crippen LogP contribution >= 0.6 is 0 Å². The van der Waals surface area contributed by atoms with Gasteiger partial charge in [0.05, 0.1) is 25.7 Å². The first-order chi connectivity index (χ1) is 8.27. The fraction of sp³-hybridized carbons (Fsp3) is 0.364. The highest BCUT2D eigenvalue weighted by Crippen LogP contribution is 2.17. The Hall–Kier alpha value is -1.95. The number of aromatic nitrogens is 4. The molecule has 0 N–H and O–H groups in total. The monoisotopic (exact) mass is 232 g/mol. The van der Waals surface area contributed by atoms with Crippen LogP contribution in [0.1, 0.15) is 6.42 Å². The minimum atomic E-state index is -0.0751. The van der Waals surface area contributed by atoms with Crippen LogP contribution < -0.4 is 5.56 Å². The third-order valence-electron chi connectivity index (χ3n) is 2.86. The predicted octanol–water partition coefficient (Wildman–Crippen LogP) is 0.391. The van der Waals surface area contributed by atoms with Crippen molar-refractivity contribution in [2.45, 2.75) is 6.42 Å². The maximum absolute atomic E-state index is 11.8. The van der Waals surface area contributed by atoms with Crippen LogP contribution in [0, 0.1) is 0 Å². The lowest BCUT2D eigenvalue weighted by atomic mass is 10.2. The molecule has 0 aromatic carbocycles. The van der Waals surface area contributed by atoms with E-state index in [1.807, 2.05) is 6.08 Å². The van der Waals surface area contributed by atoms with E-state index in [-0.39, 0.29) is 5.56 Å². The lowest BCUT2D eigenvalue weighted by molar-refractivity contribution is 0.159. The smallest absolute Gasteiger partial charge is 0.264 e. The van der Waals surface area contributed by atoms with Crippen molar-refractivity contribution >= 4 is 16.7 Å². The van der Waals surface area contributed by atoms with Crippen LogP contribution in [0.4, 0.5) is 0 Å². The van der Waals surface area contributed by atoms with Gasteiger partial charge in [-0.05, 0) is 6.08 Å². The number of fused-ring (bicyclic) bond motifs is 1. The molecular weight excluding hydrogens is 220 g/mol. The second-order valence-electron chi connectivity index (χ2n) is 3.97. The summed E-state index contributed by atoms with van der Waals surface area (Å²) in [5, 5.41) is 4.78. The average Bonchev–Trinajstić information content (AvgIpc) is 2.79. The van der Waals surface area contributed by atoms with Gasteiger partial charge < -0.3 is 9.30 Å². The number of hydrogen-bond acceptors (Lipinski definition) is 4. The normalized spacial score (nSPS) is 16.2. The molecule has 3 rings (SSSR count). The molecule has 0 atom stereocenters. The Morgan fingerprint density at radius 1 is 1.47 bits per heavy atom. The van der Waals surface area contributed by atoms with E-state index >= 15 is 0 Å². The fourth-order valence-corrected chi connectivity index (χ4v) is 1.92. The summed E-state index contributed by atoms with van der Waals surface area (Å²) < 4.78 is 8.42. The topological polar surface area (TPSA) is 61.9 Å². The molecule has 0 radical (unpaired) electrons. The number of nitrogens with zero attached hydrogens (tertiary/aromatic N) is 4. The van der Waals surface area contributed by atoms with E-state index < -0.39 is 0 Å². The van der Waals surface area contributed by atoms with Crippen molar-refractivity contribution in [3.8, 4) is 0 Å². The molecule has 17 heavy (non-hydrogen) atoms. The number of hydrogen-bond donors (Lipinski definition) is 0. The van der Waals surface area contributed by atoms with Crippen LogP contribution in [-0.2, 0) is 11.8 Å². The molecule has 0 saturated carbocycles. The highest BCUT2D eigenvalue weighted by Gasteiger charge is 2.13. The third-order valence-corrected chi connectivity index (χ3v) is 2.86. The Bertz CT molecular complexity index is 653. The zero-order chi connectivity index (χ0) is 11.8. The SMILES string of the molecule is Cn1cnc2c(cnn2C2=CCOCC2)c1=O. The van der Waals surface area contributed by atoms with Gasteiger partial charge in [-0.15, -0.1) is 0 Å². The Balaban J connectivity index is 2.22. The van der Waals surface area contributed by atoms with E-state index in [0.29, 0.717) is 24.2 Å². The summed E-state index contributed by atoms with van der Waals surface area (Å²) in [6.45, 7) is 1.26. The summed E-state index contributed by atoms with van der Waals surface area (Å²) in [6, 6.07) is 0. The van der Waals surface area contributed by atoms with Crippen molar-refractivity contribution in [1.29, 1.82) is 0 Å². The average molecular weight is 232 g/mol. The molecule has 2 aromatic heterocycles. The Morgan fingerprint density at radius 3 is 3.12 bits per heavy atom. The van der Waals surface area contributed by atoms with Gasteiger partial charge >= 0.3 is 0 Å².